The van der Waals surface area contributed by atoms with Crippen molar-refractivity contribution in [3.8, 4) is 0 Å². The molecule has 2 amide bonds. The van der Waals surface area contributed by atoms with Crippen LogP contribution in [0.25, 0.3) is 0 Å². The minimum Gasteiger partial charge on any atom is -0.376 e. The van der Waals surface area contributed by atoms with Crippen LogP contribution in [-0.4, -0.2) is 47.0 Å². The van der Waals surface area contributed by atoms with Crippen molar-refractivity contribution in [1.82, 2.24) is 15.5 Å². The van der Waals surface area contributed by atoms with E-state index in [1.54, 1.807) is 24.3 Å². The fourth-order valence-corrected chi connectivity index (χ4v) is 3.99. The van der Waals surface area contributed by atoms with E-state index in [1.165, 1.54) is 11.8 Å². The number of thioether (sulfide) groups is 1. The zero-order chi connectivity index (χ0) is 18.4. The number of nitrogens with one attached hydrogen (secondary N) is 2. The largest absolute Gasteiger partial charge is 0.376 e. The maximum atomic E-state index is 12.2. The highest BCUT2D eigenvalue weighted by Crippen LogP contribution is 2.23. The molecule has 0 bridgehead atoms. The van der Waals surface area contributed by atoms with E-state index in [9.17, 15) is 9.59 Å². The lowest BCUT2D eigenvalue weighted by atomic mass is 10.2. The molecule has 0 unspecified atom stereocenters. The van der Waals surface area contributed by atoms with Crippen molar-refractivity contribution in [2.45, 2.75) is 23.3 Å². The minimum absolute atomic E-state index is 0.0899. The molecule has 3 rings (SSSR count). The molecule has 1 aliphatic heterocycles. The van der Waals surface area contributed by atoms with Crippen LogP contribution < -0.4 is 10.6 Å². The summed E-state index contributed by atoms with van der Waals surface area (Å²) in [5, 5.41) is 14.2. The van der Waals surface area contributed by atoms with Gasteiger partial charge < -0.3 is 15.4 Å². The van der Waals surface area contributed by atoms with E-state index in [1.807, 2.05) is 0 Å². The first-order chi connectivity index (χ1) is 12.6. The predicted molar refractivity (Wildman–Crippen MR) is 102 cm³/mol. The average molecular weight is 413 g/mol. The Morgan fingerprint density at radius 3 is 2.85 bits per heavy atom. The van der Waals surface area contributed by atoms with Gasteiger partial charge >= 0.3 is 0 Å². The molecule has 1 aliphatic rings. The number of nitrogens with zero attached hydrogens (tertiary/aromatic N) is 2. The molecule has 0 aliphatic carbocycles. The lowest BCUT2D eigenvalue weighted by Gasteiger charge is -2.09. The Balaban J connectivity index is 1.44. The number of anilines is 1. The Kier molecular flexibility index (Phi) is 6.84. The number of ether oxygens (including phenoxy) is 1. The molecular formula is C16H17ClN4O3S2. The SMILES string of the molecule is O=C(CSc1nnc(C(=O)Nc2ccc(Cl)cc2)s1)NC[C@@H]1CCCO1. The van der Waals surface area contributed by atoms with E-state index < -0.39 is 0 Å². The van der Waals surface area contributed by atoms with Crippen molar-refractivity contribution in [3.05, 3.63) is 34.3 Å². The fraction of sp³-hybridized carbons (Fsp3) is 0.375. The number of benzene rings is 1. The van der Waals surface area contributed by atoms with Gasteiger partial charge in [-0.3, -0.25) is 9.59 Å². The van der Waals surface area contributed by atoms with Crippen molar-refractivity contribution in [1.29, 1.82) is 0 Å². The van der Waals surface area contributed by atoms with Crippen LogP contribution in [0.1, 0.15) is 22.6 Å². The third-order valence-corrected chi connectivity index (χ3v) is 5.89. The number of carbonyl (C=O) groups excluding carboxylic acids is 2. The van der Waals surface area contributed by atoms with Crippen molar-refractivity contribution in [2.24, 2.45) is 0 Å². The number of hydrogen-bond donors (Lipinski definition) is 2. The summed E-state index contributed by atoms with van der Waals surface area (Å²) in [7, 11) is 0. The van der Waals surface area contributed by atoms with Crippen LogP contribution in [0, 0.1) is 0 Å². The van der Waals surface area contributed by atoms with Crippen molar-refractivity contribution >= 4 is 52.2 Å². The molecule has 1 saturated heterocycles. The summed E-state index contributed by atoms with van der Waals surface area (Å²) in [6, 6.07) is 6.78. The molecule has 1 aromatic heterocycles. The highest BCUT2D eigenvalue weighted by Gasteiger charge is 2.17. The van der Waals surface area contributed by atoms with E-state index >= 15 is 0 Å². The monoisotopic (exact) mass is 412 g/mol. The van der Waals surface area contributed by atoms with Gasteiger partial charge in [0.05, 0.1) is 11.9 Å². The molecule has 2 N–H and O–H groups in total. The van der Waals surface area contributed by atoms with Gasteiger partial charge in [0.25, 0.3) is 5.91 Å². The maximum Gasteiger partial charge on any atom is 0.286 e. The molecule has 0 radical (unpaired) electrons. The first-order valence-electron chi connectivity index (χ1n) is 8.01. The van der Waals surface area contributed by atoms with E-state index in [0.717, 1.165) is 30.8 Å². The summed E-state index contributed by atoms with van der Waals surface area (Å²) in [6.07, 6.45) is 2.14. The molecular weight excluding hydrogens is 396 g/mol. The molecule has 0 saturated carbocycles. The van der Waals surface area contributed by atoms with Gasteiger partial charge in [0, 0.05) is 23.9 Å². The lowest BCUT2D eigenvalue weighted by Crippen LogP contribution is -2.32. The smallest absolute Gasteiger partial charge is 0.286 e. The van der Waals surface area contributed by atoms with Crippen LogP contribution in [0.2, 0.25) is 5.02 Å². The third kappa shape index (κ3) is 5.66. The van der Waals surface area contributed by atoms with Crippen LogP contribution in [-0.2, 0) is 9.53 Å². The molecule has 7 nitrogen and oxygen atoms in total. The van der Waals surface area contributed by atoms with Gasteiger partial charge in [0.1, 0.15) is 0 Å². The predicted octanol–water partition coefficient (Wildman–Crippen LogP) is 2.83. The van der Waals surface area contributed by atoms with Crippen molar-refractivity contribution in [3.63, 3.8) is 0 Å². The highest BCUT2D eigenvalue weighted by molar-refractivity contribution is 8.01. The Labute approximate surface area is 163 Å². The van der Waals surface area contributed by atoms with Crippen LogP contribution in [0.5, 0.6) is 0 Å². The highest BCUT2D eigenvalue weighted by atomic mass is 35.5. The average Bonchev–Trinajstić information content (AvgIpc) is 3.32. The second-order valence-electron chi connectivity index (χ2n) is 5.56. The molecule has 10 heteroatoms. The van der Waals surface area contributed by atoms with E-state index in [4.69, 9.17) is 16.3 Å². The topological polar surface area (TPSA) is 93.2 Å². The fourth-order valence-electron chi connectivity index (χ4n) is 2.29. The summed E-state index contributed by atoms with van der Waals surface area (Å²) in [4.78, 5) is 24.0. The molecule has 1 atom stereocenters. The second kappa shape index (κ2) is 9.31. The summed E-state index contributed by atoms with van der Waals surface area (Å²) in [5.41, 5.74) is 0.623. The number of halogens is 1. The number of amides is 2. The number of aromatic nitrogens is 2. The minimum atomic E-state index is -0.348. The Bertz CT molecular complexity index is 763. The van der Waals surface area contributed by atoms with Crippen LogP contribution in [0.15, 0.2) is 28.6 Å². The number of rotatable bonds is 7. The second-order valence-corrected chi connectivity index (χ2v) is 8.20. The van der Waals surface area contributed by atoms with Gasteiger partial charge in [-0.1, -0.05) is 34.7 Å². The van der Waals surface area contributed by atoms with Gasteiger partial charge in [-0.15, -0.1) is 10.2 Å². The summed E-state index contributed by atoms with van der Waals surface area (Å²) in [6.45, 7) is 1.30. The summed E-state index contributed by atoms with van der Waals surface area (Å²) >= 11 is 8.21. The van der Waals surface area contributed by atoms with E-state index in [-0.39, 0.29) is 28.7 Å². The molecule has 1 aromatic carbocycles. The summed E-state index contributed by atoms with van der Waals surface area (Å²) < 4.78 is 6.03. The molecule has 0 spiro atoms. The maximum absolute atomic E-state index is 12.2. The molecule has 2 heterocycles. The summed E-state index contributed by atoms with van der Waals surface area (Å²) in [5.74, 6) is -0.215. The molecule has 138 valence electrons. The number of carbonyl (C=O) groups is 2. The third-order valence-electron chi connectivity index (χ3n) is 3.58. The molecule has 1 fully saturated rings. The van der Waals surface area contributed by atoms with E-state index in [0.29, 0.717) is 21.6 Å². The first-order valence-corrected chi connectivity index (χ1v) is 10.2. The Hall–Kier alpha value is -1.68. The van der Waals surface area contributed by atoms with Crippen LogP contribution >= 0.6 is 34.7 Å². The van der Waals surface area contributed by atoms with Gasteiger partial charge in [0.2, 0.25) is 10.9 Å². The van der Waals surface area contributed by atoms with Gasteiger partial charge in [-0.2, -0.15) is 0 Å². The number of hydrogen-bond acceptors (Lipinski definition) is 7. The van der Waals surface area contributed by atoms with E-state index in [2.05, 4.69) is 20.8 Å². The van der Waals surface area contributed by atoms with Gasteiger partial charge in [-0.25, -0.2) is 0 Å². The normalized spacial score (nSPS) is 16.4. The molecule has 26 heavy (non-hydrogen) atoms. The quantitative estimate of drug-likeness (QED) is 0.679. The lowest BCUT2D eigenvalue weighted by molar-refractivity contribution is -0.119. The van der Waals surface area contributed by atoms with Crippen LogP contribution in [0.4, 0.5) is 5.69 Å². The zero-order valence-electron chi connectivity index (χ0n) is 13.7. The Morgan fingerprint density at radius 2 is 2.12 bits per heavy atom. The van der Waals surface area contributed by atoms with Crippen LogP contribution in [0.3, 0.4) is 0 Å². The van der Waals surface area contributed by atoms with Crippen molar-refractivity contribution < 1.29 is 14.3 Å². The first kappa shape index (κ1) is 19.1. The molecule has 2 aromatic rings. The van der Waals surface area contributed by atoms with Gasteiger partial charge in [-0.05, 0) is 37.1 Å². The van der Waals surface area contributed by atoms with Crippen molar-refractivity contribution in [2.75, 3.05) is 24.2 Å². The van der Waals surface area contributed by atoms with Gasteiger partial charge in [0.15, 0.2) is 4.34 Å². The zero-order valence-corrected chi connectivity index (χ0v) is 16.1. The standard InChI is InChI=1S/C16H17ClN4O3S2/c17-10-3-5-11(6-4-10)19-14(23)15-20-21-16(26-15)25-9-13(22)18-8-12-2-1-7-24-12/h3-6,12H,1-2,7-9H2,(H,18,22)(H,19,23)/t12-/m0/s1. The Morgan fingerprint density at radius 1 is 1.31 bits per heavy atom.